The fourth-order valence-electron chi connectivity index (χ4n) is 1.73. The highest BCUT2D eigenvalue weighted by atomic mass is 32.2. The number of methoxy groups -OCH3 is 1. The smallest absolute Gasteiger partial charge is 0.315 e. The second-order valence-corrected chi connectivity index (χ2v) is 5.47. The van der Waals surface area contributed by atoms with E-state index in [0.29, 0.717) is 12.4 Å². The maximum absolute atomic E-state index is 11.0. The van der Waals surface area contributed by atoms with E-state index in [-0.39, 0.29) is 5.97 Å². The van der Waals surface area contributed by atoms with Crippen LogP contribution in [-0.2, 0) is 21.9 Å². The van der Waals surface area contributed by atoms with E-state index in [1.54, 1.807) is 0 Å². The second-order valence-electron chi connectivity index (χ2n) is 4.49. The summed E-state index contributed by atoms with van der Waals surface area (Å²) < 4.78 is 10.3. The van der Waals surface area contributed by atoms with E-state index in [2.05, 4.69) is 4.74 Å². The number of hydrogen-bond donors (Lipinski definition) is 0. The monoisotopic (exact) mass is 302 g/mol. The maximum atomic E-state index is 11.0. The lowest BCUT2D eigenvalue weighted by Crippen LogP contribution is -2.03. The first-order valence-corrected chi connectivity index (χ1v) is 7.83. The number of carbonyl (C=O) groups excluding carboxylic acids is 1. The average Bonchev–Trinajstić information content (AvgIpc) is 2.55. The largest absolute Gasteiger partial charge is 0.489 e. The van der Waals surface area contributed by atoms with Crippen molar-refractivity contribution in [2.75, 3.05) is 12.9 Å². The number of ether oxygens (including phenoxy) is 2. The topological polar surface area (TPSA) is 35.5 Å². The van der Waals surface area contributed by atoms with Crippen LogP contribution < -0.4 is 4.74 Å². The molecule has 0 N–H and O–H groups in total. The van der Waals surface area contributed by atoms with Gasteiger partial charge in [-0.05, 0) is 23.3 Å². The Morgan fingerprint density at radius 1 is 1.00 bits per heavy atom. The predicted molar refractivity (Wildman–Crippen MR) is 85.4 cm³/mol. The Hall–Kier alpha value is -1.94. The molecule has 0 atom stereocenters. The molecule has 2 aromatic carbocycles. The third kappa shape index (κ3) is 5.52. The first-order valence-electron chi connectivity index (χ1n) is 6.68. The molecule has 0 unspecified atom stereocenters. The summed E-state index contributed by atoms with van der Waals surface area (Å²) in [6, 6.07) is 18.0. The Kier molecular flexibility index (Phi) is 6.16. The third-order valence-electron chi connectivity index (χ3n) is 2.89. The van der Waals surface area contributed by atoms with E-state index in [0.717, 1.165) is 22.6 Å². The van der Waals surface area contributed by atoms with Gasteiger partial charge in [0.15, 0.2) is 0 Å². The van der Waals surface area contributed by atoms with Crippen LogP contribution >= 0.6 is 11.8 Å². The molecule has 0 spiro atoms. The number of thioether (sulfide) groups is 1. The van der Waals surface area contributed by atoms with Gasteiger partial charge in [-0.3, -0.25) is 4.79 Å². The summed E-state index contributed by atoms with van der Waals surface area (Å²) in [5.74, 6) is 1.82. The highest BCUT2D eigenvalue weighted by molar-refractivity contribution is 7.99. The van der Waals surface area contributed by atoms with Crippen molar-refractivity contribution in [1.82, 2.24) is 0 Å². The zero-order chi connectivity index (χ0) is 14.9. The van der Waals surface area contributed by atoms with E-state index >= 15 is 0 Å². The third-order valence-corrected chi connectivity index (χ3v) is 3.87. The van der Waals surface area contributed by atoms with Crippen LogP contribution in [0.5, 0.6) is 5.75 Å². The van der Waals surface area contributed by atoms with Gasteiger partial charge in [-0.15, -0.1) is 11.8 Å². The quantitative estimate of drug-likeness (QED) is 0.731. The molecule has 2 aromatic rings. The number of hydrogen-bond acceptors (Lipinski definition) is 4. The van der Waals surface area contributed by atoms with Crippen molar-refractivity contribution in [3.05, 3.63) is 65.7 Å². The molecule has 0 radical (unpaired) electrons. The molecule has 0 aliphatic heterocycles. The highest BCUT2D eigenvalue weighted by Gasteiger charge is 2.01. The van der Waals surface area contributed by atoms with Crippen LogP contribution in [0, 0.1) is 0 Å². The second kappa shape index (κ2) is 8.37. The Morgan fingerprint density at radius 3 is 2.38 bits per heavy atom. The number of benzene rings is 2. The van der Waals surface area contributed by atoms with E-state index in [4.69, 9.17) is 4.74 Å². The van der Waals surface area contributed by atoms with Gasteiger partial charge in [-0.1, -0.05) is 42.5 Å². The Morgan fingerprint density at radius 2 is 1.71 bits per heavy atom. The molecule has 0 aromatic heterocycles. The summed E-state index contributed by atoms with van der Waals surface area (Å²) in [7, 11) is 1.40. The molecule has 0 amide bonds. The minimum Gasteiger partial charge on any atom is -0.489 e. The van der Waals surface area contributed by atoms with Crippen LogP contribution in [0.2, 0.25) is 0 Å². The van der Waals surface area contributed by atoms with E-state index in [9.17, 15) is 4.79 Å². The van der Waals surface area contributed by atoms with Crippen molar-refractivity contribution in [2.45, 2.75) is 12.4 Å². The fourth-order valence-corrected chi connectivity index (χ4v) is 2.55. The molecule has 0 bridgehead atoms. The summed E-state index contributed by atoms with van der Waals surface area (Å²) >= 11 is 1.54. The van der Waals surface area contributed by atoms with Crippen molar-refractivity contribution < 1.29 is 14.3 Å². The molecule has 0 saturated carbocycles. The van der Waals surface area contributed by atoms with Crippen molar-refractivity contribution in [1.29, 1.82) is 0 Å². The number of esters is 1. The van der Waals surface area contributed by atoms with Crippen molar-refractivity contribution in [3.8, 4) is 5.75 Å². The van der Waals surface area contributed by atoms with Gasteiger partial charge in [-0.2, -0.15) is 0 Å². The predicted octanol–water partition coefficient (Wildman–Crippen LogP) is 3.67. The summed E-state index contributed by atoms with van der Waals surface area (Å²) in [4.78, 5) is 11.0. The molecule has 4 heteroatoms. The molecular weight excluding hydrogens is 284 g/mol. The summed E-state index contributed by atoms with van der Waals surface area (Å²) in [6.45, 7) is 0.567. The highest BCUT2D eigenvalue weighted by Crippen LogP contribution is 2.18. The summed E-state index contributed by atoms with van der Waals surface area (Å²) in [5, 5.41) is 0. The first kappa shape index (κ1) is 15.4. The molecule has 0 saturated heterocycles. The normalized spacial score (nSPS) is 10.1. The molecule has 0 fully saturated rings. The molecular formula is C17H18O3S. The van der Waals surface area contributed by atoms with E-state index in [1.165, 1.54) is 18.9 Å². The molecule has 21 heavy (non-hydrogen) atoms. The van der Waals surface area contributed by atoms with Crippen molar-refractivity contribution in [2.24, 2.45) is 0 Å². The lowest BCUT2D eigenvalue weighted by atomic mass is 10.2. The fraction of sp³-hybridized carbons (Fsp3) is 0.235. The van der Waals surface area contributed by atoms with Crippen LogP contribution in [-0.4, -0.2) is 18.8 Å². The molecule has 0 aliphatic carbocycles. The van der Waals surface area contributed by atoms with Crippen molar-refractivity contribution >= 4 is 17.7 Å². The number of rotatable bonds is 7. The Labute approximate surface area is 129 Å². The Balaban J connectivity index is 1.78. The van der Waals surface area contributed by atoms with Gasteiger partial charge in [0.1, 0.15) is 12.4 Å². The molecule has 3 nitrogen and oxygen atoms in total. The Bertz CT molecular complexity index is 552. The zero-order valence-electron chi connectivity index (χ0n) is 12.0. The minimum absolute atomic E-state index is 0.192. The van der Waals surface area contributed by atoms with Gasteiger partial charge < -0.3 is 9.47 Å². The van der Waals surface area contributed by atoms with Gasteiger partial charge in [0, 0.05) is 5.75 Å². The van der Waals surface area contributed by atoms with E-state index < -0.39 is 0 Å². The SMILES string of the molecule is COC(=O)CSCc1ccc(OCc2ccccc2)cc1. The van der Waals surface area contributed by atoms with E-state index in [1.807, 2.05) is 54.6 Å². The van der Waals surface area contributed by atoms with Gasteiger partial charge in [0.2, 0.25) is 0 Å². The van der Waals surface area contributed by atoms with Crippen LogP contribution in [0.1, 0.15) is 11.1 Å². The van der Waals surface area contributed by atoms with Crippen LogP contribution in [0.25, 0.3) is 0 Å². The van der Waals surface area contributed by atoms with Crippen LogP contribution in [0.4, 0.5) is 0 Å². The summed E-state index contributed by atoms with van der Waals surface area (Å²) in [6.07, 6.45) is 0. The molecule has 0 aliphatic rings. The molecule has 110 valence electrons. The number of carbonyl (C=O) groups is 1. The lowest BCUT2D eigenvalue weighted by molar-refractivity contribution is -0.137. The maximum Gasteiger partial charge on any atom is 0.315 e. The lowest BCUT2D eigenvalue weighted by Gasteiger charge is -2.07. The zero-order valence-corrected chi connectivity index (χ0v) is 12.8. The average molecular weight is 302 g/mol. The standard InChI is InChI=1S/C17H18O3S/c1-19-17(18)13-21-12-15-7-9-16(10-8-15)20-11-14-5-3-2-4-6-14/h2-10H,11-13H2,1H3. The molecule has 0 heterocycles. The summed E-state index contributed by atoms with van der Waals surface area (Å²) in [5.41, 5.74) is 2.31. The van der Waals surface area contributed by atoms with Crippen molar-refractivity contribution in [3.63, 3.8) is 0 Å². The van der Waals surface area contributed by atoms with Gasteiger partial charge in [-0.25, -0.2) is 0 Å². The van der Waals surface area contributed by atoms with Crippen LogP contribution in [0.3, 0.4) is 0 Å². The molecule has 2 rings (SSSR count). The van der Waals surface area contributed by atoms with Gasteiger partial charge in [0.25, 0.3) is 0 Å². The minimum atomic E-state index is -0.192. The van der Waals surface area contributed by atoms with Crippen LogP contribution in [0.15, 0.2) is 54.6 Å². The van der Waals surface area contributed by atoms with Gasteiger partial charge in [0.05, 0.1) is 12.9 Å². The van der Waals surface area contributed by atoms with Gasteiger partial charge >= 0.3 is 5.97 Å². The first-order chi connectivity index (χ1) is 10.3.